The van der Waals surface area contributed by atoms with Crippen molar-refractivity contribution in [1.82, 2.24) is 0 Å². The van der Waals surface area contributed by atoms with Gasteiger partial charge in [0.2, 0.25) is 0 Å². The van der Waals surface area contributed by atoms with Crippen molar-refractivity contribution in [3.8, 4) is 5.75 Å². The van der Waals surface area contributed by atoms with Gasteiger partial charge in [-0.05, 0) is 134 Å². The van der Waals surface area contributed by atoms with Crippen molar-refractivity contribution in [3.63, 3.8) is 0 Å². The molecular weight excluding hydrogens is 668 g/mol. The van der Waals surface area contributed by atoms with Gasteiger partial charge >= 0.3 is 14.2 Å². The first kappa shape index (κ1) is 42.4. The van der Waals surface area contributed by atoms with E-state index in [-0.39, 0.29) is 0 Å². The normalized spacial score (nSPS) is 18.9. The minimum absolute atomic E-state index is 0.394. The molecule has 0 aromatic heterocycles. The summed E-state index contributed by atoms with van der Waals surface area (Å²) in [6, 6.07) is 25.7. The van der Waals surface area contributed by atoms with Gasteiger partial charge in [0.25, 0.3) is 0 Å². The fraction of sp³-hybridized carbons (Fsp3) is 0.609. The highest BCUT2D eigenvalue weighted by Crippen LogP contribution is 2.39. The molecule has 0 N–H and O–H groups in total. The average molecular weight is 738 g/mol. The van der Waals surface area contributed by atoms with Crippen LogP contribution in [0.15, 0.2) is 72.8 Å². The first-order valence-electron chi connectivity index (χ1n) is 21.1. The summed E-state index contributed by atoms with van der Waals surface area (Å²) < 4.78 is 32.0. The number of rotatable bonds is 20. The summed E-state index contributed by atoms with van der Waals surface area (Å²) in [5, 5.41) is 0. The van der Waals surface area contributed by atoms with Gasteiger partial charge in [-0.15, -0.1) is 0 Å². The Morgan fingerprint density at radius 3 is 1.20 bits per heavy atom. The standard InChI is InChI=1S/C46H69B2NO5/c1-11-13-15-17-18-20-22-36(21-19-16-14-12-2)35-50-42-33-31-41(32-34-42)49(39-27-23-37(24-28-39)47-51-43(3,4)44(5,6)52-47)40-29-25-38(26-30-40)48-53-45(7,8)46(9,10)54-48/h23-34,36H,11-22,35H2,1-10H3. The number of unbranched alkanes of at least 4 members (excludes halogenated alkanes) is 8. The Morgan fingerprint density at radius 1 is 0.481 bits per heavy atom. The Hall–Kier alpha value is -2.77. The van der Waals surface area contributed by atoms with Crippen LogP contribution in [0.25, 0.3) is 0 Å². The summed E-state index contributed by atoms with van der Waals surface area (Å²) in [4.78, 5) is 2.28. The summed E-state index contributed by atoms with van der Waals surface area (Å²) in [6.45, 7) is 22.1. The second-order valence-electron chi connectivity index (χ2n) is 17.8. The van der Waals surface area contributed by atoms with E-state index >= 15 is 0 Å². The second kappa shape index (κ2) is 18.4. The molecule has 2 heterocycles. The fourth-order valence-corrected chi connectivity index (χ4v) is 7.26. The van der Waals surface area contributed by atoms with Crippen molar-refractivity contribution in [1.29, 1.82) is 0 Å². The average Bonchev–Trinajstić information content (AvgIpc) is 3.50. The van der Waals surface area contributed by atoms with Crippen LogP contribution in [0.1, 0.15) is 146 Å². The van der Waals surface area contributed by atoms with Crippen molar-refractivity contribution in [2.24, 2.45) is 5.92 Å². The van der Waals surface area contributed by atoms with Crippen molar-refractivity contribution < 1.29 is 23.4 Å². The third-order valence-corrected chi connectivity index (χ3v) is 12.4. The molecule has 2 saturated heterocycles. The third-order valence-electron chi connectivity index (χ3n) is 12.4. The van der Waals surface area contributed by atoms with Gasteiger partial charge in [-0.3, -0.25) is 0 Å². The van der Waals surface area contributed by atoms with E-state index in [4.69, 9.17) is 23.4 Å². The van der Waals surface area contributed by atoms with Gasteiger partial charge in [-0.1, -0.05) is 102 Å². The molecule has 0 amide bonds. The van der Waals surface area contributed by atoms with Gasteiger partial charge in [0.05, 0.1) is 29.0 Å². The molecule has 8 heteroatoms. The molecule has 0 spiro atoms. The third kappa shape index (κ3) is 10.5. The number of benzene rings is 3. The van der Waals surface area contributed by atoms with Gasteiger partial charge in [0, 0.05) is 17.1 Å². The molecule has 5 rings (SSSR count). The zero-order valence-corrected chi connectivity index (χ0v) is 35.3. The van der Waals surface area contributed by atoms with Crippen molar-refractivity contribution in [2.75, 3.05) is 11.5 Å². The van der Waals surface area contributed by atoms with Crippen LogP contribution in [0.3, 0.4) is 0 Å². The lowest BCUT2D eigenvalue weighted by atomic mass is 9.79. The van der Waals surface area contributed by atoms with Crippen LogP contribution < -0.4 is 20.6 Å². The second-order valence-corrected chi connectivity index (χ2v) is 17.8. The highest BCUT2D eigenvalue weighted by atomic mass is 16.7. The quantitative estimate of drug-likeness (QED) is 0.0850. The molecule has 2 aliphatic heterocycles. The van der Waals surface area contributed by atoms with Crippen LogP contribution in [-0.2, 0) is 18.6 Å². The highest BCUT2D eigenvalue weighted by molar-refractivity contribution is 6.62. The smallest absolute Gasteiger partial charge is 0.493 e. The molecule has 3 aromatic rings. The van der Waals surface area contributed by atoms with E-state index < -0.39 is 36.6 Å². The molecule has 1 atom stereocenters. The first-order valence-corrected chi connectivity index (χ1v) is 21.1. The van der Waals surface area contributed by atoms with E-state index in [1.54, 1.807) is 0 Å². The predicted molar refractivity (Wildman–Crippen MR) is 228 cm³/mol. The fourth-order valence-electron chi connectivity index (χ4n) is 7.26. The summed E-state index contributed by atoms with van der Waals surface area (Å²) in [7, 11) is -0.825. The van der Waals surface area contributed by atoms with E-state index in [1.807, 2.05) is 0 Å². The van der Waals surface area contributed by atoms with E-state index in [0.29, 0.717) is 5.92 Å². The molecule has 6 nitrogen and oxygen atoms in total. The highest BCUT2D eigenvalue weighted by Gasteiger charge is 2.52. The van der Waals surface area contributed by atoms with Crippen LogP contribution in [-0.4, -0.2) is 43.2 Å². The van der Waals surface area contributed by atoms with Gasteiger partial charge in [0.1, 0.15) is 5.75 Å². The molecular formula is C46H69B2NO5. The van der Waals surface area contributed by atoms with Crippen LogP contribution >= 0.6 is 0 Å². The summed E-state index contributed by atoms with van der Waals surface area (Å²) in [5.74, 6) is 1.53. The molecule has 3 aromatic carbocycles. The minimum Gasteiger partial charge on any atom is -0.493 e. The van der Waals surface area contributed by atoms with Gasteiger partial charge in [-0.2, -0.15) is 0 Å². The monoisotopic (exact) mass is 738 g/mol. The SMILES string of the molecule is CCCCCCCCC(CCCCCC)COc1ccc(N(c2ccc(B3OC(C)(C)C(C)(C)O3)cc2)c2ccc(B3OC(C)(C)C(C)(C)O3)cc2)cc1. The van der Waals surface area contributed by atoms with Crippen LogP contribution in [0.2, 0.25) is 0 Å². The molecule has 0 radical (unpaired) electrons. The molecule has 294 valence electrons. The maximum absolute atomic E-state index is 6.51. The lowest BCUT2D eigenvalue weighted by Crippen LogP contribution is -2.41. The number of nitrogens with zero attached hydrogens (tertiary/aromatic N) is 1. The summed E-state index contributed by atoms with van der Waals surface area (Å²) in [5.41, 5.74) is 3.56. The molecule has 2 aliphatic rings. The molecule has 0 saturated carbocycles. The molecule has 0 bridgehead atoms. The largest absolute Gasteiger partial charge is 0.494 e. The maximum Gasteiger partial charge on any atom is 0.494 e. The lowest BCUT2D eigenvalue weighted by molar-refractivity contribution is 0.00578. The summed E-state index contributed by atoms with van der Waals surface area (Å²) in [6.07, 6.45) is 15.8. The molecule has 0 aliphatic carbocycles. The summed E-state index contributed by atoms with van der Waals surface area (Å²) >= 11 is 0. The van der Waals surface area contributed by atoms with E-state index in [2.05, 4.69) is 147 Å². The van der Waals surface area contributed by atoms with Crippen LogP contribution in [0.4, 0.5) is 17.1 Å². The van der Waals surface area contributed by atoms with Crippen LogP contribution in [0.5, 0.6) is 5.75 Å². The number of anilines is 3. The van der Waals surface area contributed by atoms with Gasteiger partial charge in [0.15, 0.2) is 0 Å². The number of hydrogen-bond donors (Lipinski definition) is 0. The molecule has 54 heavy (non-hydrogen) atoms. The Morgan fingerprint density at radius 2 is 0.815 bits per heavy atom. The number of hydrogen-bond acceptors (Lipinski definition) is 6. The number of ether oxygens (including phenoxy) is 1. The zero-order chi connectivity index (χ0) is 39.0. The Kier molecular flexibility index (Phi) is 14.5. The first-order chi connectivity index (χ1) is 25.7. The maximum atomic E-state index is 6.51. The Bertz CT molecular complexity index is 1460. The van der Waals surface area contributed by atoms with Gasteiger partial charge in [-0.25, -0.2) is 0 Å². The zero-order valence-electron chi connectivity index (χ0n) is 35.3. The van der Waals surface area contributed by atoms with Crippen molar-refractivity contribution in [2.45, 2.75) is 169 Å². The Labute approximate surface area is 329 Å². The van der Waals surface area contributed by atoms with Crippen molar-refractivity contribution in [3.05, 3.63) is 72.8 Å². The lowest BCUT2D eigenvalue weighted by Gasteiger charge is -2.32. The minimum atomic E-state index is -0.412. The predicted octanol–water partition coefficient (Wildman–Crippen LogP) is 11.5. The van der Waals surface area contributed by atoms with Gasteiger partial charge < -0.3 is 28.3 Å². The van der Waals surface area contributed by atoms with Crippen molar-refractivity contribution >= 4 is 42.2 Å². The molecule has 1 unspecified atom stereocenters. The van der Waals surface area contributed by atoms with Crippen LogP contribution in [0, 0.1) is 5.92 Å². The topological polar surface area (TPSA) is 49.4 Å². The van der Waals surface area contributed by atoms with E-state index in [1.165, 1.54) is 77.0 Å². The molecule has 2 fully saturated rings. The van der Waals surface area contributed by atoms with E-state index in [9.17, 15) is 0 Å². The van der Waals surface area contributed by atoms with E-state index in [0.717, 1.165) is 40.3 Å². The Balaban J connectivity index is 1.33.